The minimum absolute atomic E-state index is 0.000128. The lowest BCUT2D eigenvalue weighted by Gasteiger charge is -2.20. The Morgan fingerprint density at radius 1 is 0.778 bits per heavy atom. The smallest absolute Gasteiger partial charge is 0.333 e. The van der Waals surface area contributed by atoms with Crippen molar-refractivity contribution in [3.8, 4) is 0 Å². The molecule has 4 aromatic carbocycles. The second kappa shape index (κ2) is 6.98. The molecule has 3 heterocycles. The zero-order valence-electron chi connectivity index (χ0n) is 19.7. The second-order valence-corrected chi connectivity index (χ2v) is 9.78. The van der Waals surface area contributed by atoms with Crippen molar-refractivity contribution >= 4 is 55.2 Å². The average Bonchev–Trinajstić information content (AvgIpc) is 3.50. The summed E-state index contributed by atoms with van der Waals surface area (Å²) in [5.74, 6) is 0.148. The third-order valence-corrected chi connectivity index (χ3v) is 7.89. The highest BCUT2D eigenvalue weighted by Crippen LogP contribution is 2.41. The maximum absolute atomic E-state index is 13.5. The largest absolute Gasteiger partial charge is 0.455 e. The number of para-hydroxylation sites is 2. The summed E-state index contributed by atoms with van der Waals surface area (Å²) in [6.45, 7) is 0. The van der Waals surface area contributed by atoms with Gasteiger partial charge in [-0.2, -0.15) is 0 Å². The van der Waals surface area contributed by atoms with Crippen LogP contribution in [0.4, 0.5) is 0 Å². The molecule has 172 valence electrons. The molecule has 0 aliphatic heterocycles. The first-order chi connectivity index (χ1) is 17.7. The van der Waals surface area contributed by atoms with E-state index in [4.69, 9.17) is 4.42 Å². The Morgan fingerprint density at radius 2 is 1.50 bits per heavy atom. The van der Waals surface area contributed by atoms with E-state index in [1.54, 1.807) is 4.57 Å². The van der Waals surface area contributed by atoms with E-state index in [-0.39, 0.29) is 11.6 Å². The molecule has 0 saturated carbocycles. The molecule has 1 aliphatic rings. The number of hydrogen-bond acceptors (Lipinski definition) is 2. The monoisotopic (exact) mass is 466 g/mol. The fourth-order valence-electron chi connectivity index (χ4n) is 6.17. The Labute approximate surface area is 206 Å². The number of furan rings is 1. The van der Waals surface area contributed by atoms with E-state index in [2.05, 4.69) is 66.7 Å². The molecule has 0 N–H and O–H groups in total. The van der Waals surface area contributed by atoms with Gasteiger partial charge in [-0.15, -0.1) is 0 Å². The van der Waals surface area contributed by atoms with Crippen molar-refractivity contribution in [3.05, 3.63) is 118 Å². The van der Waals surface area contributed by atoms with Crippen LogP contribution in [0.15, 0.2) is 100 Å². The molecule has 1 aliphatic carbocycles. The van der Waals surface area contributed by atoms with Crippen LogP contribution in [0.1, 0.15) is 22.7 Å². The van der Waals surface area contributed by atoms with E-state index < -0.39 is 0 Å². The highest BCUT2D eigenvalue weighted by Gasteiger charge is 2.25. The summed E-state index contributed by atoms with van der Waals surface area (Å²) in [5.41, 5.74) is 7.23. The molecule has 0 fully saturated rings. The van der Waals surface area contributed by atoms with E-state index in [1.807, 2.05) is 41.8 Å². The summed E-state index contributed by atoms with van der Waals surface area (Å²) in [6.07, 6.45) is 5.25. The number of rotatable bonds is 1. The molecule has 3 aromatic heterocycles. The number of fused-ring (bicyclic) bond motifs is 10. The van der Waals surface area contributed by atoms with Crippen molar-refractivity contribution < 1.29 is 4.42 Å². The van der Waals surface area contributed by atoms with E-state index in [0.29, 0.717) is 0 Å². The third-order valence-electron chi connectivity index (χ3n) is 7.89. The first-order valence-corrected chi connectivity index (χ1v) is 12.3. The van der Waals surface area contributed by atoms with Crippen LogP contribution in [0, 0.1) is 0 Å². The van der Waals surface area contributed by atoms with Gasteiger partial charge in [0.1, 0.15) is 11.2 Å². The number of nitrogens with zero attached hydrogens (tertiary/aromatic N) is 2. The Bertz CT molecular complexity index is 2120. The topological polar surface area (TPSA) is 39.5 Å². The highest BCUT2D eigenvalue weighted by atomic mass is 16.3. The van der Waals surface area contributed by atoms with Crippen LogP contribution >= 0.6 is 0 Å². The summed E-state index contributed by atoms with van der Waals surface area (Å²) in [4.78, 5) is 13.5. The third kappa shape index (κ3) is 2.51. The minimum Gasteiger partial charge on any atom is -0.455 e. The molecule has 0 spiro atoms. The number of hydrogen-bond donors (Lipinski definition) is 0. The molecule has 4 heteroatoms. The van der Waals surface area contributed by atoms with Gasteiger partial charge in [-0.1, -0.05) is 72.8 Å². The number of aryl methyl sites for hydroxylation is 1. The molecule has 1 unspecified atom stereocenters. The van der Waals surface area contributed by atoms with Crippen LogP contribution in [0.2, 0.25) is 0 Å². The van der Waals surface area contributed by atoms with Gasteiger partial charge in [0.05, 0.1) is 11.0 Å². The van der Waals surface area contributed by atoms with Crippen LogP contribution in [0.3, 0.4) is 0 Å². The van der Waals surface area contributed by atoms with Gasteiger partial charge in [-0.05, 0) is 47.2 Å². The van der Waals surface area contributed by atoms with Crippen LogP contribution < -0.4 is 5.69 Å². The lowest BCUT2D eigenvalue weighted by atomic mass is 9.85. The maximum Gasteiger partial charge on any atom is 0.333 e. The van der Waals surface area contributed by atoms with Crippen LogP contribution in [-0.4, -0.2) is 8.97 Å². The van der Waals surface area contributed by atoms with Gasteiger partial charge in [0.15, 0.2) is 0 Å². The molecular weight excluding hydrogens is 444 g/mol. The second-order valence-electron chi connectivity index (χ2n) is 9.78. The lowest BCUT2D eigenvalue weighted by Crippen LogP contribution is -2.26. The molecule has 1 atom stereocenters. The van der Waals surface area contributed by atoms with Crippen molar-refractivity contribution in [1.82, 2.24) is 8.97 Å². The quantitative estimate of drug-likeness (QED) is 0.257. The first kappa shape index (κ1) is 19.7. The molecule has 36 heavy (non-hydrogen) atoms. The summed E-state index contributed by atoms with van der Waals surface area (Å²) < 4.78 is 9.99. The van der Waals surface area contributed by atoms with E-state index >= 15 is 0 Å². The Hall–Kier alpha value is -4.57. The van der Waals surface area contributed by atoms with E-state index in [9.17, 15) is 4.79 Å². The molecule has 0 bridgehead atoms. The zero-order valence-corrected chi connectivity index (χ0v) is 19.7. The van der Waals surface area contributed by atoms with Crippen molar-refractivity contribution in [2.24, 2.45) is 7.05 Å². The van der Waals surface area contributed by atoms with Gasteiger partial charge in [-0.25, -0.2) is 4.79 Å². The molecule has 8 rings (SSSR count). The normalized spacial score (nSPS) is 15.5. The van der Waals surface area contributed by atoms with Crippen LogP contribution in [-0.2, 0) is 13.5 Å². The summed E-state index contributed by atoms with van der Waals surface area (Å²) in [5, 5.41) is 5.69. The summed E-state index contributed by atoms with van der Waals surface area (Å²) in [6, 6.07) is 29.3. The molecule has 4 nitrogen and oxygen atoms in total. The fourth-order valence-corrected chi connectivity index (χ4v) is 6.17. The van der Waals surface area contributed by atoms with E-state index in [1.165, 1.54) is 10.9 Å². The van der Waals surface area contributed by atoms with Gasteiger partial charge in [0.2, 0.25) is 0 Å². The molecule has 0 radical (unpaired) electrons. The first-order valence-electron chi connectivity index (χ1n) is 12.3. The number of allylic oxidation sites excluding steroid dienone is 1. The van der Waals surface area contributed by atoms with Crippen molar-refractivity contribution in [2.45, 2.75) is 12.3 Å². The van der Waals surface area contributed by atoms with E-state index in [0.717, 1.165) is 61.4 Å². The maximum atomic E-state index is 13.5. The van der Waals surface area contributed by atoms with Crippen molar-refractivity contribution in [2.75, 3.05) is 0 Å². The van der Waals surface area contributed by atoms with Gasteiger partial charge in [0, 0.05) is 40.2 Å². The van der Waals surface area contributed by atoms with Gasteiger partial charge < -0.3 is 4.42 Å². The number of benzene rings is 4. The molecule has 0 amide bonds. The molecule has 0 saturated heterocycles. The van der Waals surface area contributed by atoms with Gasteiger partial charge in [0.25, 0.3) is 0 Å². The zero-order chi connectivity index (χ0) is 24.0. The Balaban J connectivity index is 1.39. The average molecular weight is 467 g/mol. The van der Waals surface area contributed by atoms with Crippen molar-refractivity contribution in [3.63, 3.8) is 0 Å². The predicted octanol–water partition coefficient (Wildman–Crippen LogP) is 7.20. The fraction of sp³-hybridized carbons (Fsp3) is 0.0938. The lowest BCUT2D eigenvalue weighted by molar-refractivity contribution is 0.672. The van der Waals surface area contributed by atoms with Gasteiger partial charge in [-0.3, -0.25) is 8.97 Å². The summed E-state index contributed by atoms with van der Waals surface area (Å²) in [7, 11) is 1.86. The molecular formula is C32H22N2O2. The summed E-state index contributed by atoms with van der Waals surface area (Å²) >= 11 is 0. The minimum atomic E-state index is 0.000128. The number of aromatic nitrogens is 2. The van der Waals surface area contributed by atoms with Crippen LogP contribution in [0.5, 0.6) is 0 Å². The van der Waals surface area contributed by atoms with Crippen molar-refractivity contribution in [1.29, 1.82) is 0 Å². The predicted molar refractivity (Wildman–Crippen MR) is 147 cm³/mol. The standard InChI is InChI=1S/C32H22N2O2/c1-33-27-12-6-4-11-24(27)29-17-20-15-14-19(16-28(20)34(29)32(33)35)25-18-26-22-9-5-7-13-30(22)36-31(26)23-10-3-2-8-21(23)25/h2-15,17-19H,16H2,1H3. The highest BCUT2D eigenvalue weighted by molar-refractivity contribution is 6.16. The Morgan fingerprint density at radius 3 is 2.36 bits per heavy atom. The van der Waals surface area contributed by atoms with Gasteiger partial charge >= 0.3 is 5.69 Å². The SMILES string of the molecule is Cn1c(=O)n2c3c(cc2c2ccccc21)C=CC(c1cc2c4ccccc4oc2c2ccccc12)C3. The molecule has 7 aromatic rings. The van der Waals surface area contributed by atoms with Crippen LogP contribution in [0.25, 0.3) is 55.2 Å². The Kier molecular flexibility index (Phi) is 3.82.